The van der Waals surface area contributed by atoms with Gasteiger partial charge in [-0.25, -0.2) is 0 Å². The quantitative estimate of drug-likeness (QED) is 0.567. The second kappa shape index (κ2) is 9.79. The van der Waals surface area contributed by atoms with E-state index >= 15 is 0 Å². The van der Waals surface area contributed by atoms with Gasteiger partial charge in [0.2, 0.25) is 0 Å². The normalized spacial score (nSPS) is 21.9. The van der Waals surface area contributed by atoms with Crippen LogP contribution in [0, 0.1) is 5.92 Å². The van der Waals surface area contributed by atoms with Gasteiger partial charge in [0.15, 0.2) is 0 Å². The maximum atomic E-state index is 6.01. The number of ether oxygens (including phenoxy) is 4. The molecule has 1 aliphatic heterocycles. The SMILES string of the molecule is COCCOCCCOCC(N)C1CCOC1. The molecule has 0 amide bonds. The zero-order valence-corrected chi connectivity index (χ0v) is 10.7. The molecule has 0 spiro atoms. The van der Waals surface area contributed by atoms with Crippen LogP contribution < -0.4 is 5.73 Å². The van der Waals surface area contributed by atoms with E-state index in [0.29, 0.717) is 39.0 Å². The second-order valence-electron chi connectivity index (χ2n) is 4.32. The van der Waals surface area contributed by atoms with Crippen molar-refractivity contribution in [2.75, 3.05) is 53.4 Å². The lowest BCUT2D eigenvalue weighted by molar-refractivity contribution is 0.0458. The van der Waals surface area contributed by atoms with Gasteiger partial charge in [-0.15, -0.1) is 0 Å². The Morgan fingerprint density at radius 1 is 1.24 bits per heavy atom. The Morgan fingerprint density at radius 3 is 2.76 bits per heavy atom. The number of hydrogen-bond acceptors (Lipinski definition) is 5. The van der Waals surface area contributed by atoms with Crippen LogP contribution in [0.5, 0.6) is 0 Å². The lowest BCUT2D eigenvalue weighted by atomic mass is 10.0. The van der Waals surface area contributed by atoms with Crippen LogP contribution >= 0.6 is 0 Å². The fourth-order valence-corrected chi connectivity index (χ4v) is 1.75. The predicted octanol–water partition coefficient (Wildman–Crippen LogP) is 0.420. The van der Waals surface area contributed by atoms with E-state index < -0.39 is 0 Å². The molecule has 0 aliphatic carbocycles. The van der Waals surface area contributed by atoms with Crippen molar-refractivity contribution in [1.82, 2.24) is 0 Å². The van der Waals surface area contributed by atoms with Gasteiger partial charge in [-0.2, -0.15) is 0 Å². The molecule has 17 heavy (non-hydrogen) atoms. The van der Waals surface area contributed by atoms with Crippen LogP contribution in [0.25, 0.3) is 0 Å². The zero-order chi connectivity index (χ0) is 12.3. The Labute approximate surface area is 104 Å². The fraction of sp³-hybridized carbons (Fsp3) is 1.00. The number of nitrogens with two attached hydrogens (primary N) is 1. The Kier molecular flexibility index (Phi) is 8.56. The molecule has 5 heteroatoms. The van der Waals surface area contributed by atoms with Crippen molar-refractivity contribution >= 4 is 0 Å². The highest BCUT2D eigenvalue weighted by Crippen LogP contribution is 2.15. The Morgan fingerprint density at radius 2 is 2.06 bits per heavy atom. The van der Waals surface area contributed by atoms with Crippen molar-refractivity contribution in [3.8, 4) is 0 Å². The van der Waals surface area contributed by atoms with Crippen LogP contribution in [-0.2, 0) is 18.9 Å². The Hall–Kier alpha value is -0.200. The van der Waals surface area contributed by atoms with Crippen LogP contribution in [0.15, 0.2) is 0 Å². The van der Waals surface area contributed by atoms with Gasteiger partial charge in [0, 0.05) is 38.9 Å². The molecule has 1 rings (SSSR count). The molecule has 0 bridgehead atoms. The van der Waals surface area contributed by atoms with E-state index in [2.05, 4.69) is 0 Å². The maximum Gasteiger partial charge on any atom is 0.0700 e. The first-order valence-electron chi connectivity index (χ1n) is 6.32. The first-order chi connectivity index (χ1) is 8.34. The molecular formula is C12H25NO4. The van der Waals surface area contributed by atoms with Crippen LogP contribution in [0.1, 0.15) is 12.8 Å². The molecule has 0 aromatic rings. The smallest absolute Gasteiger partial charge is 0.0700 e. The highest BCUT2D eigenvalue weighted by Gasteiger charge is 2.22. The first kappa shape index (κ1) is 14.9. The second-order valence-corrected chi connectivity index (χ2v) is 4.32. The topological polar surface area (TPSA) is 62.9 Å². The minimum absolute atomic E-state index is 0.104. The van der Waals surface area contributed by atoms with E-state index in [0.717, 1.165) is 26.1 Å². The lowest BCUT2D eigenvalue weighted by Gasteiger charge is -2.17. The van der Waals surface area contributed by atoms with Crippen LogP contribution in [0.4, 0.5) is 0 Å². The van der Waals surface area contributed by atoms with Gasteiger partial charge in [0.05, 0.1) is 26.4 Å². The van der Waals surface area contributed by atoms with E-state index in [9.17, 15) is 0 Å². The van der Waals surface area contributed by atoms with E-state index in [1.54, 1.807) is 7.11 Å². The standard InChI is InChI=1S/C12H25NO4/c1-14-7-8-15-4-2-5-16-10-12(13)11-3-6-17-9-11/h11-12H,2-10,13H2,1H3. The molecule has 1 saturated heterocycles. The summed E-state index contributed by atoms with van der Waals surface area (Å²) in [5, 5.41) is 0. The molecule has 0 aromatic heterocycles. The summed E-state index contributed by atoms with van der Waals surface area (Å²) in [6.45, 7) is 4.95. The van der Waals surface area contributed by atoms with Gasteiger partial charge in [-0.3, -0.25) is 0 Å². The summed E-state index contributed by atoms with van der Waals surface area (Å²) in [5.41, 5.74) is 6.01. The van der Waals surface area contributed by atoms with Gasteiger partial charge in [0.25, 0.3) is 0 Å². The average molecular weight is 247 g/mol. The number of hydrogen-bond donors (Lipinski definition) is 1. The van der Waals surface area contributed by atoms with Gasteiger partial charge in [-0.1, -0.05) is 0 Å². The van der Waals surface area contributed by atoms with Crippen LogP contribution in [0.3, 0.4) is 0 Å². The lowest BCUT2D eigenvalue weighted by Crippen LogP contribution is -2.35. The first-order valence-corrected chi connectivity index (χ1v) is 6.32. The molecule has 2 unspecified atom stereocenters. The fourth-order valence-electron chi connectivity index (χ4n) is 1.75. The third-order valence-corrected chi connectivity index (χ3v) is 2.89. The number of methoxy groups -OCH3 is 1. The maximum absolute atomic E-state index is 6.01. The van der Waals surface area contributed by atoms with Crippen molar-refractivity contribution < 1.29 is 18.9 Å². The van der Waals surface area contributed by atoms with E-state index in [-0.39, 0.29) is 6.04 Å². The van der Waals surface area contributed by atoms with E-state index in [1.807, 2.05) is 0 Å². The minimum Gasteiger partial charge on any atom is -0.382 e. The highest BCUT2D eigenvalue weighted by molar-refractivity contribution is 4.75. The summed E-state index contributed by atoms with van der Waals surface area (Å²) >= 11 is 0. The molecule has 5 nitrogen and oxygen atoms in total. The molecule has 1 fully saturated rings. The minimum atomic E-state index is 0.104. The van der Waals surface area contributed by atoms with Crippen LogP contribution in [-0.4, -0.2) is 59.4 Å². The molecule has 0 aromatic carbocycles. The Balaban J connectivity index is 1.83. The zero-order valence-electron chi connectivity index (χ0n) is 10.7. The monoisotopic (exact) mass is 247 g/mol. The summed E-state index contributed by atoms with van der Waals surface area (Å²) in [6, 6.07) is 0.104. The summed E-state index contributed by atoms with van der Waals surface area (Å²) in [5.74, 6) is 0.466. The predicted molar refractivity (Wildman–Crippen MR) is 65.0 cm³/mol. The van der Waals surface area contributed by atoms with Gasteiger partial charge < -0.3 is 24.7 Å². The summed E-state index contributed by atoms with van der Waals surface area (Å²) in [4.78, 5) is 0. The Bertz CT molecular complexity index is 174. The molecule has 0 radical (unpaired) electrons. The average Bonchev–Trinajstić information content (AvgIpc) is 2.86. The molecule has 1 heterocycles. The summed E-state index contributed by atoms with van der Waals surface area (Å²) < 4.78 is 21.0. The third kappa shape index (κ3) is 6.95. The molecule has 2 atom stereocenters. The molecule has 0 saturated carbocycles. The van der Waals surface area contributed by atoms with Crippen molar-refractivity contribution in [3.05, 3.63) is 0 Å². The van der Waals surface area contributed by atoms with Crippen LogP contribution in [0.2, 0.25) is 0 Å². The largest absolute Gasteiger partial charge is 0.382 e. The molecular weight excluding hydrogens is 222 g/mol. The summed E-state index contributed by atoms with van der Waals surface area (Å²) in [6.07, 6.45) is 1.96. The van der Waals surface area contributed by atoms with Crippen molar-refractivity contribution in [2.45, 2.75) is 18.9 Å². The van der Waals surface area contributed by atoms with Crippen molar-refractivity contribution in [1.29, 1.82) is 0 Å². The third-order valence-electron chi connectivity index (χ3n) is 2.89. The van der Waals surface area contributed by atoms with E-state index in [4.69, 9.17) is 24.7 Å². The van der Waals surface area contributed by atoms with Gasteiger partial charge in [0.1, 0.15) is 0 Å². The number of rotatable bonds is 10. The molecule has 102 valence electrons. The van der Waals surface area contributed by atoms with Gasteiger partial charge in [-0.05, 0) is 12.8 Å². The van der Waals surface area contributed by atoms with Gasteiger partial charge >= 0.3 is 0 Å². The van der Waals surface area contributed by atoms with Crippen molar-refractivity contribution in [2.24, 2.45) is 11.7 Å². The molecule has 2 N–H and O–H groups in total. The van der Waals surface area contributed by atoms with E-state index in [1.165, 1.54) is 0 Å². The summed E-state index contributed by atoms with van der Waals surface area (Å²) in [7, 11) is 1.67. The van der Waals surface area contributed by atoms with Crippen molar-refractivity contribution in [3.63, 3.8) is 0 Å². The molecule has 1 aliphatic rings. The highest BCUT2D eigenvalue weighted by atomic mass is 16.5.